The zero-order valence-electron chi connectivity index (χ0n) is 19.1. The van der Waals surface area contributed by atoms with Gasteiger partial charge in [0, 0.05) is 44.7 Å². The van der Waals surface area contributed by atoms with Gasteiger partial charge in [-0.1, -0.05) is 39.0 Å². The van der Waals surface area contributed by atoms with Crippen molar-refractivity contribution in [2.45, 2.75) is 48.0 Å². The molecule has 0 fully saturated rings. The molecule has 0 aliphatic rings. The number of rotatable bonds is 2. The Morgan fingerprint density at radius 2 is 1.58 bits per heavy atom. The lowest BCUT2D eigenvalue weighted by atomic mass is 9.86. The van der Waals surface area contributed by atoms with Gasteiger partial charge in [0.05, 0.1) is 5.69 Å². The van der Waals surface area contributed by atoms with E-state index in [0.717, 1.165) is 61.8 Å². The third kappa shape index (κ3) is 3.38. The number of benzene rings is 2. The van der Waals surface area contributed by atoms with Gasteiger partial charge in [-0.2, -0.15) is 0 Å². The van der Waals surface area contributed by atoms with E-state index in [1.165, 1.54) is 11.1 Å². The molecule has 0 N–H and O–H groups in total. The second-order valence-corrected chi connectivity index (χ2v) is 9.90. The van der Waals surface area contributed by atoms with Crippen molar-refractivity contribution in [3.05, 3.63) is 71.2 Å². The van der Waals surface area contributed by atoms with Gasteiger partial charge in [0.2, 0.25) is 0 Å². The number of pyridine rings is 2. The van der Waals surface area contributed by atoms with Gasteiger partial charge in [0.25, 0.3) is 0 Å². The molecule has 0 spiro atoms. The van der Waals surface area contributed by atoms with Gasteiger partial charge < -0.3 is 4.42 Å². The van der Waals surface area contributed by atoms with Gasteiger partial charge >= 0.3 is 0 Å². The van der Waals surface area contributed by atoms with Crippen LogP contribution in [-0.2, 0) is 6.42 Å². The fourth-order valence-electron chi connectivity index (χ4n) is 4.58. The monoisotopic (exact) mass is 408 g/mol. The predicted octanol–water partition coefficient (Wildman–Crippen LogP) is 7.71. The van der Waals surface area contributed by atoms with Gasteiger partial charge in [-0.15, -0.1) is 0 Å². The van der Waals surface area contributed by atoms with E-state index in [0.29, 0.717) is 0 Å². The molecule has 0 saturated carbocycles. The van der Waals surface area contributed by atoms with Crippen LogP contribution in [0.5, 0.6) is 0 Å². The summed E-state index contributed by atoms with van der Waals surface area (Å²) < 4.78 is 6.56. The van der Waals surface area contributed by atoms with Gasteiger partial charge in [-0.25, -0.2) is 0 Å². The zero-order valence-corrected chi connectivity index (χ0v) is 19.1. The predicted molar refractivity (Wildman–Crippen MR) is 130 cm³/mol. The van der Waals surface area contributed by atoms with E-state index in [9.17, 15) is 0 Å². The minimum Gasteiger partial charge on any atom is -0.455 e. The van der Waals surface area contributed by atoms with Gasteiger partial charge in [0.15, 0.2) is 0 Å². The Balaban J connectivity index is 1.78. The number of hydrogen-bond donors (Lipinski definition) is 0. The van der Waals surface area contributed by atoms with E-state index < -0.39 is 0 Å². The Labute approximate surface area is 183 Å². The molecule has 0 amide bonds. The van der Waals surface area contributed by atoms with E-state index in [2.05, 4.69) is 82.1 Å². The van der Waals surface area contributed by atoms with Gasteiger partial charge in [0.1, 0.15) is 11.2 Å². The minimum absolute atomic E-state index is 0.220. The lowest BCUT2D eigenvalue weighted by Crippen LogP contribution is -2.10. The van der Waals surface area contributed by atoms with Crippen LogP contribution in [0.25, 0.3) is 44.0 Å². The number of fused-ring (bicyclic) bond motifs is 5. The molecule has 0 radical (unpaired) electrons. The van der Waals surface area contributed by atoms with E-state index in [-0.39, 0.29) is 5.41 Å². The summed E-state index contributed by atoms with van der Waals surface area (Å²) in [5.74, 6) is 0. The molecule has 156 valence electrons. The summed E-state index contributed by atoms with van der Waals surface area (Å²) in [6.45, 7) is 13.1. The third-order valence-corrected chi connectivity index (χ3v) is 6.00. The number of hydrogen-bond acceptors (Lipinski definition) is 3. The van der Waals surface area contributed by atoms with Crippen molar-refractivity contribution in [2.75, 3.05) is 0 Å². The molecule has 3 nitrogen and oxygen atoms in total. The smallest absolute Gasteiger partial charge is 0.144 e. The molecule has 0 atom stereocenters. The van der Waals surface area contributed by atoms with Crippen LogP contribution in [-0.4, -0.2) is 9.97 Å². The first-order valence-electron chi connectivity index (χ1n) is 10.9. The average molecular weight is 409 g/mol. The topological polar surface area (TPSA) is 38.9 Å². The summed E-state index contributed by atoms with van der Waals surface area (Å²) in [5, 5.41) is 4.52. The van der Waals surface area contributed by atoms with Crippen LogP contribution in [0, 0.1) is 26.2 Å². The van der Waals surface area contributed by atoms with Crippen molar-refractivity contribution >= 4 is 32.7 Å². The molecule has 0 bridgehead atoms. The molecule has 0 unspecified atom stereocenters. The fraction of sp³-hybridized carbons (Fsp3) is 0.286. The van der Waals surface area contributed by atoms with Crippen molar-refractivity contribution in [1.82, 2.24) is 9.97 Å². The van der Waals surface area contributed by atoms with Crippen molar-refractivity contribution in [3.63, 3.8) is 0 Å². The van der Waals surface area contributed by atoms with Gasteiger partial charge in [-0.05, 0) is 68.0 Å². The van der Waals surface area contributed by atoms with E-state index in [4.69, 9.17) is 9.40 Å². The quantitative estimate of drug-likeness (QED) is 0.300. The highest BCUT2D eigenvalue weighted by Gasteiger charge is 2.18. The number of nitrogens with zero attached hydrogens (tertiary/aromatic N) is 2. The first-order valence-corrected chi connectivity index (χ1v) is 10.9. The minimum atomic E-state index is 0.220. The van der Waals surface area contributed by atoms with Crippen molar-refractivity contribution in [3.8, 4) is 11.3 Å². The molecule has 5 rings (SSSR count). The summed E-state index contributed by atoms with van der Waals surface area (Å²) >= 11 is 0. The molecule has 31 heavy (non-hydrogen) atoms. The number of para-hydroxylation sites is 1. The van der Waals surface area contributed by atoms with Gasteiger partial charge in [-0.3, -0.25) is 9.97 Å². The summed E-state index contributed by atoms with van der Waals surface area (Å²) in [7, 11) is 0. The molecular formula is C28H28N2O. The van der Waals surface area contributed by atoms with Crippen LogP contribution >= 0.6 is 0 Å². The largest absolute Gasteiger partial charge is 0.455 e. The Hall–Kier alpha value is -3.20. The van der Waals surface area contributed by atoms with E-state index in [1.54, 1.807) is 0 Å². The van der Waals surface area contributed by atoms with Crippen LogP contribution in [0.2, 0.25) is 0 Å². The van der Waals surface area contributed by atoms with Crippen LogP contribution in [0.15, 0.2) is 53.1 Å². The number of furan rings is 1. The summed E-state index contributed by atoms with van der Waals surface area (Å²) in [4.78, 5) is 9.40. The summed E-state index contributed by atoms with van der Waals surface area (Å²) in [5.41, 5.74) is 8.67. The number of aromatic nitrogens is 2. The SMILES string of the molecule is Cc1cc2c(ccc3c4cccc(-c5cc(CC(C)(C)C)c(C)cn5)c4oc23)c(C)n1. The second-order valence-electron chi connectivity index (χ2n) is 9.90. The van der Waals surface area contributed by atoms with E-state index >= 15 is 0 Å². The maximum Gasteiger partial charge on any atom is 0.144 e. The van der Waals surface area contributed by atoms with Crippen molar-refractivity contribution < 1.29 is 4.42 Å². The molecule has 3 aromatic heterocycles. The van der Waals surface area contributed by atoms with Crippen LogP contribution in [0.3, 0.4) is 0 Å². The maximum absolute atomic E-state index is 6.56. The van der Waals surface area contributed by atoms with E-state index in [1.807, 2.05) is 13.1 Å². The van der Waals surface area contributed by atoms with Crippen LogP contribution in [0.4, 0.5) is 0 Å². The average Bonchev–Trinajstić information content (AvgIpc) is 3.08. The highest BCUT2D eigenvalue weighted by Crippen LogP contribution is 2.39. The molecule has 3 heteroatoms. The standard InChI is InChI=1S/C28H28N2O/c1-16-15-29-25(13-19(16)14-28(4,5)6)23-9-7-8-21-22-11-10-20-18(3)30-17(2)12-24(20)27(22)31-26(21)23/h7-13,15H,14H2,1-6H3. The lowest BCUT2D eigenvalue weighted by Gasteiger charge is -2.20. The number of aryl methyl sites for hydroxylation is 3. The normalized spacial score (nSPS) is 12.3. The van der Waals surface area contributed by atoms with Crippen molar-refractivity contribution in [2.24, 2.45) is 5.41 Å². The highest BCUT2D eigenvalue weighted by molar-refractivity contribution is 6.17. The zero-order chi connectivity index (χ0) is 21.9. The van der Waals surface area contributed by atoms with Crippen LogP contribution < -0.4 is 0 Å². The Morgan fingerprint density at radius 3 is 2.35 bits per heavy atom. The Morgan fingerprint density at radius 1 is 0.839 bits per heavy atom. The molecule has 0 saturated heterocycles. The molecular weight excluding hydrogens is 380 g/mol. The molecule has 2 aromatic carbocycles. The molecule has 5 aromatic rings. The van der Waals surface area contributed by atoms with Crippen LogP contribution in [0.1, 0.15) is 43.3 Å². The second kappa shape index (κ2) is 6.91. The Bertz CT molecular complexity index is 1470. The first kappa shape index (κ1) is 19.7. The molecule has 3 heterocycles. The lowest BCUT2D eigenvalue weighted by molar-refractivity contribution is 0.410. The Kier molecular flexibility index (Phi) is 4.40. The maximum atomic E-state index is 6.56. The fourth-order valence-corrected chi connectivity index (χ4v) is 4.58. The highest BCUT2D eigenvalue weighted by atomic mass is 16.3. The third-order valence-electron chi connectivity index (χ3n) is 6.00. The summed E-state index contributed by atoms with van der Waals surface area (Å²) in [6.07, 6.45) is 3.01. The molecule has 0 aliphatic heterocycles. The summed E-state index contributed by atoms with van der Waals surface area (Å²) in [6, 6.07) is 15.0. The molecule has 0 aliphatic carbocycles. The van der Waals surface area contributed by atoms with Crippen molar-refractivity contribution in [1.29, 1.82) is 0 Å². The first-order chi connectivity index (χ1) is 14.7.